The summed E-state index contributed by atoms with van der Waals surface area (Å²) in [4.78, 5) is 48.8. The molecule has 1 aliphatic heterocycles. The van der Waals surface area contributed by atoms with E-state index in [1.54, 1.807) is 24.3 Å². The minimum atomic E-state index is -0.734. The molecule has 1 aliphatic rings. The Balaban J connectivity index is 1.56. The number of methoxy groups -OCH3 is 1. The number of amides is 3. The van der Waals surface area contributed by atoms with Crippen LogP contribution in [0.1, 0.15) is 33.0 Å². The number of nitrogens with one attached hydrogen (secondary N) is 1. The molecule has 2 aromatic carbocycles. The lowest BCUT2D eigenvalue weighted by molar-refractivity contribution is -0.386. The Morgan fingerprint density at radius 1 is 1.26 bits per heavy atom. The van der Waals surface area contributed by atoms with Crippen molar-refractivity contribution in [3.05, 3.63) is 97.0 Å². The van der Waals surface area contributed by atoms with Crippen molar-refractivity contribution in [3.63, 3.8) is 0 Å². The summed E-state index contributed by atoms with van der Waals surface area (Å²) in [5, 5.41) is 23.5. The molecule has 0 unspecified atom stereocenters. The maximum Gasteiger partial charge on any atom is 0.373 e. The second-order valence-electron chi connectivity index (χ2n) is 7.80. The molecular formula is C25H17BrN4O8. The summed E-state index contributed by atoms with van der Waals surface area (Å²) in [6.07, 6.45) is 1.29. The van der Waals surface area contributed by atoms with E-state index in [0.29, 0.717) is 11.1 Å². The minimum Gasteiger partial charge on any atom is -0.481 e. The fraction of sp³-hybridized carbons (Fsp3) is 0.120. The second-order valence-corrected chi connectivity index (χ2v) is 8.66. The molecule has 4 rings (SSSR count). The molecule has 0 spiro atoms. The van der Waals surface area contributed by atoms with Crippen LogP contribution in [0.3, 0.4) is 0 Å². The number of esters is 1. The number of carbonyl (C=O) groups excluding carboxylic acids is 3. The number of nitro benzene ring substituents is 1. The highest BCUT2D eigenvalue weighted by molar-refractivity contribution is 9.10. The monoisotopic (exact) mass is 580 g/mol. The molecule has 38 heavy (non-hydrogen) atoms. The third-order valence-corrected chi connectivity index (χ3v) is 5.98. The molecule has 1 fully saturated rings. The van der Waals surface area contributed by atoms with E-state index in [0.717, 1.165) is 4.90 Å². The number of nitro groups is 1. The molecule has 3 amide bonds. The zero-order chi connectivity index (χ0) is 27.4. The van der Waals surface area contributed by atoms with Crippen molar-refractivity contribution in [2.24, 2.45) is 0 Å². The molecule has 0 radical (unpaired) electrons. The average molecular weight is 581 g/mol. The molecule has 0 bridgehead atoms. The summed E-state index contributed by atoms with van der Waals surface area (Å²) in [6.45, 7) is -0.336. The largest absolute Gasteiger partial charge is 0.481 e. The van der Waals surface area contributed by atoms with Gasteiger partial charge >= 0.3 is 17.7 Å². The van der Waals surface area contributed by atoms with Gasteiger partial charge in [-0.05, 0) is 51.8 Å². The highest BCUT2D eigenvalue weighted by Gasteiger charge is 2.34. The van der Waals surface area contributed by atoms with Gasteiger partial charge in [-0.25, -0.2) is 9.59 Å². The predicted molar refractivity (Wildman–Crippen MR) is 133 cm³/mol. The number of halogens is 1. The first-order chi connectivity index (χ1) is 18.2. The van der Waals surface area contributed by atoms with E-state index in [-0.39, 0.29) is 51.8 Å². The number of hydrogen-bond acceptors (Lipinski definition) is 9. The van der Waals surface area contributed by atoms with E-state index < -0.39 is 22.8 Å². The van der Waals surface area contributed by atoms with Gasteiger partial charge in [0, 0.05) is 11.6 Å². The Hall–Kier alpha value is -4.96. The number of furan rings is 1. The SMILES string of the molecule is COC(=O)c1ccc(CN2C(=O)N/C(=C\c3cc(Br)c(OCc4ccccc4C#N)c([N+](=O)[O-])c3)C2=O)o1. The Labute approximate surface area is 223 Å². The summed E-state index contributed by atoms with van der Waals surface area (Å²) in [5.41, 5.74) is 0.665. The first-order valence-electron chi connectivity index (χ1n) is 10.8. The third-order valence-electron chi connectivity index (χ3n) is 5.39. The van der Waals surface area contributed by atoms with Crippen molar-refractivity contribution >= 4 is 45.6 Å². The van der Waals surface area contributed by atoms with Gasteiger partial charge in [0.25, 0.3) is 5.91 Å². The van der Waals surface area contributed by atoms with Gasteiger partial charge in [-0.3, -0.25) is 19.8 Å². The van der Waals surface area contributed by atoms with E-state index in [1.807, 2.05) is 6.07 Å². The molecule has 0 aliphatic carbocycles. The lowest BCUT2D eigenvalue weighted by Crippen LogP contribution is -2.30. The second kappa shape index (κ2) is 11.0. The van der Waals surface area contributed by atoms with E-state index in [1.165, 1.54) is 37.5 Å². The Kier molecular flexibility index (Phi) is 7.54. The number of nitriles is 1. The van der Waals surface area contributed by atoms with E-state index in [9.17, 15) is 29.8 Å². The van der Waals surface area contributed by atoms with E-state index >= 15 is 0 Å². The van der Waals surface area contributed by atoms with Gasteiger partial charge in [0.15, 0.2) is 0 Å². The van der Waals surface area contributed by atoms with Crippen molar-refractivity contribution in [3.8, 4) is 11.8 Å². The van der Waals surface area contributed by atoms with Crippen LogP contribution in [-0.4, -0.2) is 34.8 Å². The quantitative estimate of drug-likeness (QED) is 0.134. The van der Waals surface area contributed by atoms with Crippen LogP contribution in [0, 0.1) is 21.4 Å². The van der Waals surface area contributed by atoms with Crippen molar-refractivity contribution in [1.82, 2.24) is 10.2 Å². The maximum atomic E-state index is 12.9. The summed E-state index contributed by atoms with van der Waals surface area (Å²) >= 11 is 3.27. The molecular weight excluding hydrogens is 564 g/mol. The maximum absolute atomic E-state index is 12.9. The van der Waals surface area contributed by atoms with Gasteiger partial charge in [-0.15, -0.1) is 0 Å². The van der Waals surface area contributed by atoms with Crippen molar-refractivity contribution < 1.29 is 33.2 Å². The van der Waals surface area contributed by atoms with E-state index in [2.05, 4.69) is 26.0 Å². The van der Waals surface area contributed by atoms with Crippen LogP contribution in [0.15, 0.2) is 63.1 Å². The number of hydrogen-bond donors (Lipinski definition) is 1. The molecule has 1 saturated heterocycles. The molecule has 1 N–H and O–H groups in total. The van der Waals surface area contributed by atoms with Gasteiger partial charge < -0.3 is 19.2 Å². The highest BCUT2D eigenvalue weighted by Crippen LogP contribution is 2.38. The van der Waals surface area contributed by atoms with Crippen LogP contribution in [0.4, 0.5) is 10.5 Å². The van der Waals surface area contributed by atoms with Gasteiger partial charge in [0.1, 0.15) is 18.1 Å². The first-order valence-corrected chi connectivity index (χ1v) is 11.6. The number of nitrogens with zero attached hydrogens (tertiary/aromatic N) is 3. The summed E-state index contributed by atoms with van der Waals surface area (Å²) in [7, 11) is 1.19. The van der Waals surface area contributed by atoms with Crippen LogP contribution in [0.25, 0.3) is 6.08 Å². The average Bonchev–Trinajstić information content (AvgIpc) is 3.47. The normalized spacial score (nSPS) is 13.8. The molecule has 0 saturated carbocycles. The number of benzene rings is 2. The predicted octanol–water partition coefficient (Wildman–Crippen LogP) is 4.28. The van der Waals surface area contributed by atoms with Crippen LogP contribution in [0.5, 0.6) is 5.75 Å². The standard InChI is InChI=1S/C25H17BrN4O8/c1-36-24(32)21-7-6-17(38-21)12-29-23(31)19(28-25(29)33)9-14-8-18(26)22(20(10-14)30(34)35)37-13-16-5-3-2-4-15(16)11-27/h2-10H,12-13H2,1H3,(H,28,33)/b19-9-. The van der Waals surface area contributed by atoms with Gasteiger partial charge in [0.05, 0.1) is 34.7 Å². The number of rotatable bonds is 8. The summed E-state index contributed by atoms with van der Waals surface area (Å²) in [5.74, 6) is -1.37. The smallest absolute Gasteiger partial charge is 0.373 e. The molecule has 192 valence electrons. The highest BCUT2D eigenvalue weighted by atomic mass is 79.9. The van der Waals surface area contributed by atoms with Crippen LogP contribution in [0.2, 0.25) is 0 Å². The van der Waals surface area contributed by atoms with Crippen LogP contribution in [-0.2, 0) is 22.7 Å². The van der Waals surface area contributed by atoms with Crippen molar-refractivity contribution in [2.45, 2.75) is 13.2 Å². The number of carbonyl (C=O) groups is 3. The van der Waals surface area contributed by atoms with Gasteiger partial charge in [-0.1, -0.05) is 18.2 Å². The fourth-order valence-electron chi connectivity index (χ4n) is 3.58. The Morgan fingerprint density at radius 2 is 2.03 bits per heavy atom. The molecule has 3 aromatic rings. The molecule has 12 nitrogen and oxygen atoms in total. The third kappa shape index (κ3) is 5.40. The number of ether oxygens (including phenoxy) is 2. The zero-order valence-electron chi connectivity index (χ0n) is 19.6. The number of imide groups is 1. The lowest BCUT2D eigenvalue weighted by Gasteiger charge is -2.11. The Morgan fingerprint density at radius 3 is 2.74 bits per heavy atom. The zero-order valence-corrected chi connectivity index (χ0v) is 21.2. The van der Waals surface area contributed by atoms with Crippen LogP contribution < -0.4 is 10.1 Å². The first kappa shape index (κ1) is 26.1. The topological polar surface area (TPSA) is 165 Å². The molecule has 1 aromatic heterocycles. The van der Waals surface area contributed by atoms with Crippen LogP contribution >= 0.6 is 15.9 Å². The minimum absolute atomic E-state index is 0.0625. The van der Waals surface area contributed by atoms with Gasteiger partial charge in [-0.2, -0.15) is 5.26 Å². The van der Waals surface area contributed by atoms with Crippen molar-refractivity contribution in [1.29, 1.82) is 5.26 Å². The summed E-state index contributed by atoms with van der Waals surface area (Å²) in [6, 6.07) is 13.5. The molecule has 0 atom stereocenters. The fourth-order valence-corrected chi connectivity index (χ4v) is 4.16. The molecule has 2 heterocycles. The molecule has 13 heteroatoms. The number of urea groups is 1. The lowest BCUT2D eigenvalue weighted by atomic mass is 10.1. The van der Waals surface area contributed by atoms with E-state index in [4.69, 9.17) is 9.15 Å². The Bertz CT molecular complexity index is 1540. The summed E-state index contributed by atoms with van der Waals surface area (Å²) < 4.78 is 15.8. The van der Waals surface area contributed by atoms with Gasteiger partial charge in [0.2, 0.25) is 11.5 Å². The van der Waals surface area contributed by atoms with Crippen molar-refractivity contribution in [2.75, 3.05) is 7.11 Å².